The summed E-state index contributed by atoms with van der Waals surface area (Å²) in [5.74, 6) is -1.45. The minimum atomic E-state index is -4.71. The van der Waals surface area contributed by atoms with Crippen molar-refractivity contribution in [1.82, 2.24) is 10.3 Å². The van der Waals surface area contributed by atoms with Crippen molar-refractivity contribution in [2.75, 3.05) is 18.5 Å². The van der Waals surface area contributed by atoms with Crippen molar-refractivity contribution in [1.29, 1.82) is 0 Å². The van der Waals surface area contributed by atoms with Crippen LogP contribution < -0.4 is 10.6 Å². The number of hydrogen-bond donors (Lipinski definition) is 2. The molecule has 6 nitrogen and oxygen atoms in total. The van der Waals surface area contributed by atoms with Crippen LogP contribution in [0.5, 0.6) is 0 Å². The van der Waals surface area contributed by atoms with E-state index in [1.54, 1.807) is 0 Å². The number of carbonyl (C=O) groups excluding carboxylic acids is 1. The molecule has 0 aliphatic carbocycles. The number of benzene rings is 1. The molecule has 3 rings (SSSR count). The molecule has 1 aromatic heterocycles. The number of halogens is 4. The Kier molecular flexibility index (Phi) is 5.52. The first kappa shape index (κ1) is 20.0. The molecular weight excluding hydrogens is 380 g/mol. The second kappa shape index (κ2) is 7.72. The van der Waals surface area contributed by atoms with E-state index in [0.29, 0.717) is 24.8 Å². The highest BCUT2D eigenvalue weighted by Crippen LogP contribution is 2.36. The standard InChI is InChI=1S/C18H17F4N4O2/c19-11-1-4-15(14(7-11)18(20,21)22)26-13-3-2-12(24-9-13)8-25-16(27)17(23)5-6-28-10-17/h1-4,7,9,23,26H,5-6,8,10H2,(H,25,27)/q-1/t17-/m0/s1. The Morgan fingerprint density at radius 3 is 2.68 bits per heavy atom. The summed E-state index contributed by atoms with van der Waals surface area (Å²) in [7, 11) is 0. The largest absolute Gasteiger partial charge is 0.662 e. The van der Waals surface area contributed by atoms with Crippen LogP contribution in [0, 0.1) is 5.82 Å². The summed E-state index contributed by atoms with van der Waals surface area (Å²) in [6, 6.07) is 5.37. The Hall–Kier alpha value is -2.72. The van der Waals surface area contributed by atoms with E-state index in [-0.39, 0.29) is 24.5 Å². The van der Waals surface area contributed by atoms with Gasteiger partial charge in [-0.15, -0.1) is 0 Å². The van der Waals surface area contributed by atoms with Gasteiger partial charge in [0.2, 0.25) is 5.91 Å². The summed E-state index contributed by atoms with van der Waals surface area (Å²) < 4.78 is 57.4. The zero-order valence-corrected chi connectivity index (χ0v) is 14.6. The molecule has 10 heteroatoms. The van der Waals surface area contributed by atoms with Crippen LogP contribution >= 0.6 is 0 Å². The number of ether oxygens (including phenoxy) is 1. The van der Waals surface area contributed by atoms with Gasteiger partial charge in [-0.25, -0.2) is 4.39 Å². The molecule has 1 fully saturated rings. The zero-order valence-electron chi connectivity index (χ0n) is 14.6. The van der Waals surface area contributed by atoms with Crippen molar-refractivity contribution in [3.63, 3.8) is 0 Å². The molecule has 1 aliphatic heterocycles. The molecule has 1 atom stereocenters. The lowest BCUT2D eigenvalue weighted by molar-refractivity contribution is -0.137. The summed E-state index contributed by atoms with van der Waals surface area (Å²) in [6.45, 7) is 0.470. The Morgan fingerprint density at radius 2 is 2.07 bits per heavy atom. The number of amides is 1. The molecule has 3 N–H and O–H groups in total. The van der Waals surface area contributed by atoms with Gasteiger partial charge in [-0.2, -0.15) is 13.2 Å². The van der Waals surface area contributed by atoms with Crippen LogP contribution in [0.3, 0.4) is 0 Å². The number of rotatable bonds is 5. The maximum Gasteiger partial charge on any atom is 0.418 e. The first-order chi connectivity index (χ1) is 13.2. The van der Waals surface area contributed by atoms with Crippen LogP contribution in [0.4, 0.5) is 28.9 Å². The van der Waals surface area contributed by atoms with Gasteiger partial charge in [0.05, 0.1) is 35.4 Å². The molecule has 0 unspecified atom stereocenters. The summed E-state index contributed by atoms with van der Waals surface area (Å²) in [5.41, 5.74) is 6.03. The highest BCUT2D eigenvalue weighted by Gasteiger charge is 2.34. The van der Waals surface area contributed by atoms with Gasteiger partial charge in [0.1, 0.15) is 5.82 Å². The van der Waals surface area contributed by atoms with Gasteiger partial charge in [-0.3, -0.25) is 9.78 Å². The lowest BCUT2D eigenvalue weighted by atomic mass is 9.99. The normalized spacial score (nSPS) is 19.5. The quantitative estimate of drug-likeness (QED) is 0.751. The third kappa shape index (κ3) is 4.57. The average molecular weight is 397 g/mol. The van der Waals surface area contributed by atoms with Crippen molar-refractivity contribution in [2.24, 2.45) is 0 Å². The lowest BCUT2D eigenvalue weighted by Gasteiger charge is -2.30. The maximum absolute atomic E-state index is 13.2. The zero-order chi connectivity index (χ0) is 20.4. The van der Waals surface area contributed by atoms with Crippen molar-refractivity contribution in [2.45, 2.75) is 24.7 Å². The summed E-state index contributed by atoms with van der Waals surface area (Å²) >= 11 is 0. The van der Waals surface area contributed by atoms with E-state index < -0.39 is 29.0 Å². The first-order valence-corrected chi connectivity index (χ1v) is 8.37. The van der Waals surface area contributed by atoms with E-state index >= 15 is 0 Å². The van der Waals surface area contributed by atoms with Crippen LogP contribution in [-0.4, -0.2) is 29.6 Å². The van der Waals surface area contributed by atoms with E-state index in [4.69, 9.17) is 10.5 Å². The second-order valence-electron chi connectivity index (χ2n) is 6.42. The number of hydrogen-bond acceptors (Lipinski definition) is 4. The summed E-state index contributed by atoms with van der Waals surface area (Å²) in [4.78, 5) is 16.1. The molecule has 1 aromatic carbocycles. The lowest BCUT2D eigenvalue weighted by Crippen LogP contribution is -2.44. The highest BCUT2D eigenvalue weighted by molar-refractivity contribution is 5.88. The molecule has 0 bridgehead atoms. The topological polar surface area (TPSA) is 87.1 Å². The van der Waals surface area contributed by atoms with E-state index in [0.717, 1.165) is 12.1 Å². The number of nitrogens with one attached hydrogen (secondary N) is 3. The Balaban J connectivity index is 1.65. The number of anilines is 2. The molecule has 0 spiro atoms. The van der Waals surface area contributed by atoms with Gasteiger partial charge >= 0.3 is 6.18 Å². The number of alkyl halides is 3. The van der Waals surface area contributed by atoms with Crippen molar-refractivity contribution >= 4 is 17.3 Å². The molecule has 28 heavy (non-hydrogen) atoms. The molecule has 1 saturated heterocycles. The fourth-order valence-corrected chi connectivity index (χ4v) is 2.70. The third-order valence-electron chi connectivity index (χ3n) is 4.28. The minimum absolute atomic E-state index is 0.0360. The van der Waals surface area contributed by atoms with Gasteiger partial charge in [-0.1, -0.05) is 0 Å². The molecular formula is C18H17F4N4O2-. The fraction of sp³-hybridized carbons (Fsp3) is 0.333. The van der Waals surface area contributed by atoms with Crippen LogP contribution in [0.15, 0.2) is 36.5 Å². The monoisotopic (exact) mass is 397 g/mol. The molecule has 2 aromatic rings. The van der Waals surface area contributed by atoms with Gasteiger partial charge in [0, 0.05) is 13.2 Å². The van der Waals surface area contributed by atoms with Crippen LogP contribution in [-0.2, 0) is 22.3 Å². The van der Waals surface area contributed by atoms with Crippen molar-refractivity contribution < 1.29 is 27.1 Å². The van der Waals surface area contributed by atoms with Gasteiger partial charge < -0.3 is 21.1 Å². The second-order valence-corrected chi connectivity index (χ2v) is 6.42. The molecule has 2 heterocycles. The van der Waals surface area contributed by atoms with Crippen LogP contribution in [0.1, 0.15) is 17.7 Å². The smallest absolute Gasteiger partial charge is 0.418 e. The van der Waals surface area contributed by atoms with Gasteiger partial charge in [0.15, 0.2) is 0 Å². The highest BCUT2D eigenvalue weighted by atomic mass is 19.4. The van der Waals surface area contributed by atoms with Gasteiger partial charge in [0.25, 0.3) is 0 Å². The Morgan fingerprint density at radius 1 is 1.29 bits per heavy atom. The SMILES string of the molecule is [NH-][C@@]1(C(=O)NCc2ccc(Nc3ccc(F)cc3C(F)(F)F)cn2)CCOC1. The Labute approximate surface area is 158 Å². The summed E-state index contributed by atoms with van der Waals surface area (Å²) in [5, 5.41) is 5.17. The van der Waals surface area contributed by atoms with Crippen LogP contribution in [0.2, 0.25) is 0 Å². The first-order valence-electron chi connectivity index (χ1n) is 8.37. The maximum atomic E-state index is 13.2. The fourth-order valence-electron chi connectivity index (χ4n) is 2.70. The molecule has 150 valence electrons. The predicted octanol–water partition coefficient (Wildman–Crippen LogP) is 3.81. The predicted molar refractivity (Wildman–Crippen MR) is 93.3 cm³/mol. The van der Waals surface area contributed by atoms with E-state index in [9.17, 15) is 22.4 Å². The van der Waals surface area contributed by atoms with Crippen molar-refractivity contribution in [3.05, 3.63) is 59.3 Å². The molecule has 0 radical (unpaired) electrons. The number of pyridine rings is 1. The third-order valence-corrected chi connectivity index (χ3v) is 4.28. The minimum Gasteiger partial charge on any atom is -0.662 e. The van der Waals surface area contributed by atoms with E-state index in [1.807, 2.05) is 0 Å². The summed E-state index contributed by atoms with van der Waals surface area (Å²) in [6.07, 6.45) is -3.09. The average Bonchev–Trinajstić information content (AvgIpc) is 3.09. The van der Waals surface area contributed by atoms with E-state index in [1.165, 1.54) is 18.3 Å². The molecule has 1 aliphatic rings. The number of aromatic nitrogens is 1. The number of carbonyl (C=O) groups is 1. The molecule has 0 saturated carbocycles. The van der Waals surface area contributed by atoms with Crippen LogP contribution in [0.25, 0.3) is 5.73 Å². The van der Waals surface area contributed by atoms with Crippen molar-refractivity contribution in [3.8, 4) is 0 Å². The van der Waals surface area contributed by atoms with E-state index in [2.05, 4.69) is 15.6 Å². The number of nitrogens with zero attached hydrogens (tertiary/aromatic N) is 1. The Bertz CT molecular complexity index is 850. The molecule has 1 amide bonds. The van der Waals surface area contributed by atoms with Gasteiger partial charge in [-0.05, 0) is 42.3 Å².